The van der Waals surface area contributed by atoms with Crippen molar-refractivity contribution < 1.29 is 9.47 Å². The van der Waals surface area contributed by atoms with Gasteiger partial charge >= 0.3 is 0 Å². The van der Waals surface area contributed by atoms with Crippen LogP contribution in [0, 0.1) is 22.5 Å². The molecular formula is C40H55N3O2S22. The second-order valence-corrected chi connectivity index (χ2v) is 88.9. The fourth-order valence-electron chi connectivity index (χ4n) is 10.4. The van der Waals surface area contributed by atoms with Crippen molar-refractivity contribution in [1.29, 1.82) is 5.26 Å². The zero-order chi connectivity index (χ0) is 50.2. The molecule has 0 aromatic heterocycles. The Balaban J connectivity index is 0.000000188. The summed E-state index contributed by atoms with van der Waals surface area (Å²) in [7, 11) is 8.08. The maximum absolute atomic E-state index is 9.26. The number of hydrogen-bond acceptors (Lipinski definition) is 19. The average molecular weight is 1320 g/mol. The van der Waals surface area contributed by atoms with Crippen molar-refractivity contribution in [2.24, 2.45) is 11.8 Å². The van der Waals surface area contributed by atoms with Gasteiger partial charge in [-0.2, -0.15) is 5.26 Å². The molecule has 2 saturated carbocycles. The molecule has 0 amide bonds. The van der Waals surface area contributed by atoms with Crippen molar-refractivity contribution in [3.8, 4) is 16.9 Å². The Kier molecular flexibility index (Phi) is 21.4. The van der Waals surface area contributed by atoms with Crippen molar-refractivity contribution in [2.45, 2.75) is 87.5 Å². The molecule has 5 nitrogen and oxygen atoms in total. The molecule has 1 aliphatic heterocycles. The fraction of sp³-hybridized carbons (Fsp3) is 0.575. The van der Waals surface area contributed by atoms with Crippen LogP contribution in [0.4, 0.5) is 0 Å². The molecule has 4 aliphatic carbocycles. The quantitative estimate of drug-likeness (QED) is 0.0904. The highest BCUT2D eigenvalue weighted by atomic mass is 34.4. The number of hydrogen-bond donors (Lipinski definition) is 1. The van der Waals surface area contributed by atoms with Crippen LogP contribution in [0.25, 0.3) is 6.08 Å². The van der Waals surface area contributed by atoms with E-state index < -0.39 is 37.4 Å². The van der Waals surface area contributed by atoms with Crippen LogP contribution >= 0.6 is 11.7 Å². The van der Waals surface area contributed by atoms with Gasteiger partial charge in [-0.15, -0.1) is 6.58 Å². The standard InChI is InChI=1S/C21H29NO.C18H25NO.CHNS22/c1-4-14-22(2)15-13-21-12-6-5-7-18(21)10-8-17-9-11-19(23-3)16-20(17)21;1-19-10-9-18-8-4-3-5-15(18)17(19)11-13-6-7-14(20-2)12-16(13)18;2-1-18(3,4)20(8,9)22(12,13)24(16,17)23(14,15)21(10,11)19(5,6)7/h4,8-11,16,18H,1,5-7,12-15H2,2-3H3;6-7,12,15,17H,3-5,8-11H2,1-2H3;(H,5,6,7)/t18-,21+;15-,17+,18+;/m11./s1. The molecule has 0 radical (unpaired) electrons. The molecule has 1 heterocycles. The van der Waals surface area contributed by atoms with Gasteiger partial charge in [0.15, 0.2) is 5.40 Å². The Morgan fingerprint density at radius 2 is 1.36 bits per heavy atom. The van der Waals surface area contributed by atoms with Gasteiger partial charge in [0.05, 0.1) is 20.4 Å². The molecular weight excluding hydrogens is 1260 g/mol. The number of thiocyanates is 1. The summed E-state index contributed by atoms with van der Waals surface area (Å²) < 4.78 is 11.0. The van der Waals surface area contributed by atoms with E-state index in [1.807, 2.05) is 6.08 Å². The molecule has 0 spiro atoms. The molecule has 0 N–H and O–H groups in total. The number of benzene rings is 2. The molecule has 2 aromatic rings. The van der Waals surface area contributed by atoms with E-state index in [1.165, 1.54) is 88.3 Å². The Hall–Kier alpha value is 2.81. The van der Waals surface area contributed by atoms with Crippen LogP contribution in [0.15, 0.2) is 55.1 Å². The van der Waals surface area contributed by atoms with E-state index in [1.54, 1.807) is 30.7 Å². The lowest BCUT2D eigenvalue weighted by Gasteiger charge is -2.58. The third kappa shape index (κ3) is 11.7. The van der Waals surface area contributed by atoms with E-state index in [0.717, 1.165) is 36.5 Å². The molecule has 5 aliphatic rings. The topological polar surface area (TPSA) is 48.7 Å². The van der Waals surface area contributed by atoms with E-state index in [4.69, 9.17) is 166 Å². The molecule has 7 rings (SSSR count). The molecule has 3 fully saturated rings. The lowest BCUT2D eigenvalue weighted by molar-refractivity contribution is 0.00274. The van der Waals surface area contributed by atoms with Gasteiger partial charge in [-0.25, -0.2) is 0 Å². The van der Waals surface area contributed by atoms with Gasteiger partial charge in [0.25, 0.3) is 0 Å². The minimum Gasteiger partial charge on any atom is -0.497 e. The number of nitriles is 1. The fourth-order valence-corrected chi connectivity index (χ4v) is 131. The molecule has 0 unspecified atom stereocenters. The van der Waals surface area contributed by atoms with Crippen LogP contribution in [0.2, 0.25) is 0 Å². The minimum atomic E-state index is -3.11. The highest BCUT2D eigenvalue weighted by Crippen LogP contribution is 2.56. The van der Waals surface area contributed by atoms with E-state index in [-0.39, 0.29) is 5.41 Å². The van der Waals surface area contributed by atoms with Crippen molar-refractivity contribution in [1.82, 2.24) is 9.80 Å². The van der Waals surface area contributed by atoms with Gasteiger partial charge in [-0.3, -0.25) is 0 Å². The molecule has 2 aromatic carbocycles. The molecule has 67 heavy (non-hydrogen) atoms. The predicted molar refractivity (Wildman–Crippen MR) is 349 cm³/mol. The van der Waals surface area contributed by atoms with Gasteiger partial charge in [0.2, 0.25) is 0 Å². The summed E-state index contributed by atoms with van der Waals surface area (Å²) in [6.07, 6.45) is 18.6. The summed E-state index contributed by atoms with van der Waals surface area (Å²) in [5.74, 6) is 3.57. The first-order chi connectivity index (χ1) is 31.0. The largest absolute Gasteiger partial charge is 0.497 e. The number of ether oxygens (including phenoxy) is 2. The number of likely N-dealkylation sites (tertiary alicyclic amines) is 1. The van der Waals surface area contributed by atoms with Crippen LogP contribution < -0.4 is 9.47 Å². The van der Waals surface area contributed by atoms with Gasteiger partial charge in [0, 0.05) is 54.7 Å². The number of nitrogens with zero attached hydrogens (tertiary/aromatic N) is 3. The minimum absolute atomic E-state index is 0.284. The average Bonchev–Trinajstić information content (AvgIpc) is 3.29. The molecule has 374 valence electrons. The van der Waals surface area contributed by atoms with Gasteiger partial charge in [-0.05, 0) is 287 Å². The van der Waals surface area contributed by atoms with Crippen LogP contribution in [0.1, 0.15) is 86.5 Å². The van der Waals surface area contributed by atoms with Crippen LogP contribution in [-0.4, -0.2) is 63.8 Å². The Bertz CT molecular complexity index is 3120. The molecule has 1 saturated heterocycles. The predicted octanol–water partition coefficient (Wildman–Crippen LogP) is 8.39. The molecule has 5 atom stereocenters. The zero-order valence-corrected chi connectivity index (χ0v) is 55.3. The van der Waals surface area contributed by atoms with E-state index in [9.17, 15) is 5.26 Å². The van der Waals surface area contributed by atoms with Crippen molar-refractivity contribution in [3.63, 3.8) is 0 Å². The van der Waals surface area contributed by atoms with Crippen LogP contribution in [0.5, 0.6) is 11.5 Å². The SMILES string of the molecule is C=CCN(C)CC[C@@]12CCCC[C@@H]1C=Cc1ccc(OC)cc12.COc1ccc2c(c1)[C@]13CCCC[C@@H]1[C@H](C2)N(C)CC3.N#CS(=S)(=S)S(=S)(=S)S(=S)(=S)S(=S)(=S)S(=S)(=S)S(=S)(=S)S(=S)(=S)S. The Morgan fingerprint density at radius 3 is 1.96 bits per heavy atom. The third-order valence-electron chi connectivity index (χ3n) is 13.7. The summed E-state index contributed by atoms with van der Waals surface area (Å²) in [5.41, 5.74) is 6.85. The van der Waals surface area contributed by atoms with Crippen molar-refractivity contribution >= 4 is 212 Å². The van der Waals surface area contributed by atoms with Crippen LogP contribution in [0.3, 0.4) is 0 Å². The normalized spacial score (nSPS) is 25.2. The number of fused-ring (bicyclic) bond motifs is 4. The molecule has 27 heteroatoms. The van der Waals surface area contributed by atoms with E-state index >= 15 is 0 Å². The smallest absolute Gasteiger partial charge is 0.152 e. The maximum Gasteiger partial charge on any atom is 0.152 e. The summed E-state index contributed by atoms with van der Waals surface area (Å²) in [5, 5.41) is -6.79. The summed E-state index contributed by atoms with van der Waals surface area (Å²) >= 11 is 79.2. The van der Waals surface area contributed by atoms with Gasteiger partial charge in [0.1, 0.15) is 11.5 Å². The first-order valence-corrected chi connectivity index (χ1v) is 49.5. The monoisotopic (exact) mass is 1310 g/mol. The molecule has 2 bridgehead atoms. The number of methoxy groups -OCH3 is 2. The lowest BCUT2D eigenvalue weighted by Crippen LogP contribution is -2.59. The van der Waals surface area contributed by atoms with Crippen molar-refractivity contribution in [2.75, 3.05) is 47.9 Å². The van der Waals surface area contributed by atoms with E-state index in [2.05, 4.69) is 90.7 Å². The number of likely N-dealkylation sites (N-methyl/N-ethyl adjacent to an activating group) is 2. The number of piperidine rings is 1. The summed E-state index contributed by atoms with van der Waals surface area (Å²) in [6, 6.07) is 14.2. The lowest BCUT2D eigenvalue weighted by atomic mass is 9.52. The number of rotatable bonds is 13. The third-order valence-corrected chi connectivity index (χ3v) is 131. The maximum atomic E-state index is 9.26. The summed E-state index contributed by atoms with van der Waals surface area (Å²) in [6.45, 7) is 7.20. The van der Waals surface area contributed by atoms with Gasteiger partial charge < -0.3 is 19.3 Å². The Labute approximate surface area is 470 Å². The van der Waals surface area contributed by atoms with Crippen molar-refractivity contribution in [3.05, 3.63) is 77.4 Å². The van der Waals surface area contributed by atoms with Gasteiger partial charge in [-0.1, -0.05) is 67.7 Å². The highest BCUT2D eigenvalue weighted by molar-refractivity contribution is 9.69. The Morgan fingerprint density at radius 1 is 0.791 bits per heavy atom. The van der Waals surface area contributed by atoms with E-state index in [0.29, 0.717) is 11.3 Å². The number of thiol groups is 1. The number of allylic oxidation sites excluding steroid dienone is 1. The zero-order valence-electron chi connectivity index (χ0n) is 37.2. The summed E-state index contributed by atoms with van der Waals surface area (Å²) in [4.78, 5) is 5.01. The first kappa shape index (κ1) is 60.7. The highest BCUT2D eigenvalue weighted by Gasteiger charge is 2.53. The second kappa shape index (κ2) is 23.6. The first-order valence-electron chi connectivity index (χ1n) is 20.9. The van der Waals surface area contributed by atoms with Crippen LogP contribution in [-0.2, 0) is 211 Å². The second-order valence-electron chi connectivity index (χ2n) is 17.2.